The summed E-state index contributed by atoms with van der Waals surface area (Å²) in [6.07, 6.45) is 1.15. The minimum Gasteiger partial charge on any atom is -0.481 e. The monoisotopic (exact) mass is 687 g/mol. The van der Waals surface area contributed by atoms with Crippen LogP contribution in [0.5, 0.6) is 0 Å². The Morgan fingerprint density at radius 2 is 0.958 bits per heavy atom. The van der Waals surface area contributed by atoms with Crippen molar-refractivity contribution in [3.05, 3.63) is 0 Å². The highest BCUT2D eigenvalue weighted by Gasteiger charge is 2.35. The molecule has 0 rings (SSSR count). The van der Waals surface area contributed by atoms with Crippen molar-refractivity contribution in [3.63, 3.8) is 0 Å². The molecule has 1 N–H and O–H groups in total. The lowest BCUT2D eigenvalue weighted by atomic mass is 10.1. The Morgan fingerprint density at radius 1 is 0.583 bits per heavy atom. The van der Waals surface area contributed by atoms with Crippen molar-refractivity contribution in [2.75, 3.05) is 45.8 Å². The normalized spacial score (nSPS) is 14.1. The molecule has 0 aromatic rings. The number of aliphatic carboxylic acids is 1. The van der Waals surface area contributed by atoms with Crippen LogP contribution in [0.15, 0.2) is 0 Å². The first kappa shape index (κ1) is 45.2. The number of carboxylic acid groups (broad SMARTS) is 1. The number of esters is 4. The first-order chi connectivity index (χ1) is 21.6. The van der Waals surface area contributed by atoms with Crippen LogP contribution in [-0.2, 0) is 42.9 Å². The summed E-state index contributed by atoms with van der Waals surface area (Å²) in [5, 5.41) is 9.72. The SMILES string of the molecule is CCCC(C)N(CCN(CC(=O)OC(C)(C)C)CC(=O)OC(C)(C)C)CCN(CC(=O)OC(C)(C)C)C(CC(=O)O)C(=O)OC(C)(C)C. The van der Waals surface area contributed by atoms with Crippen LogP contribution in [0.4, 0.5) is 0 Å². The zero-order valence-corrected chi connectivity index (χ0v) is 32.2. The van der Waals surface area contributed by atoms with E-state index in [9.17, 15) is 29.1 Å². The summed E-state index contributed by atoms with van der Waals surface area (Å²) in [6, 6.07) is -1.20. The lowest BCUT2D eigenvalue weighted by Gasteiger charge is -2.36. The van der Waals surface area contributed by atoms with E-state index in [0.717, 1.165) is 12.8 Å². The predicted molar refractivity (Wildman–Crippen MR) is 183 cm³/mol. The minimum absolute atomic E-state index is 0.0442. The summed E-state index contributed by atoms with van der Waals surface area (Å²) < 4.78 is 22.1. The van der Waals surface area contributed by atoms with E-state index in [4.69, 9.17) is 18.9 Å². The molecule has 0 heterocycles. The van der Waals surface area contributed by atoms with Gasteiger partial charge in [0.05, 0.1) is 26.1 Å². The van der Waals surface area contributed by atoms with Crippen LogP contribution in [0.2, 0.25) is 0 Å². The maximum Gasteiger partial charge on any atom is 0.324 e. The average Bonchev–Trinajstić information content (AvgIpc) is 2.81. The number of carboxylic acids is 1. The molecule has 0 aromatic heterocycles. The Balaban J connectivity index is 6.33. The van der Waals surface area contributed by atoms with Crippen molar-refractivity contribution in [2.24, 2.45) is 0 Å². The highest BCUT2D eigenvalue weighted by molar-refractivity contribution is 5.83. The largest absolute Gasteiger partial charge is 0.481 e. The average molecular weight is 688 g/mol. The van der Waals surface area contributed by atoms with Crippen molar-refractivity contribution < 1.29 is 48.0 Å². The van der Waals surface area contributed by atoms with Gasteiger partial charge in [0, 0.05) is 32.2 Å². The highest BCUT2D eigenvalue weighted by atomic mass is 16.6. The molecule has 0 radical (unpaired) electrons. The maximum atomic E-state index is 13.3. The van der Waals surface area contributed by atoms with E-state index in [1.165, 1.54) is 4.90 Å². The van der Waals surface area contributed by atoms with Gasteiger partial charge in [-0.3, -0.25) is 38.7 Å². The summed E-state index contributed by atoms with van der Waals surface area (Å²) in [5.74, 6) is -3.51. The number of rotatable bonds is 19. The van der Waals surface area contributed by atoms with Crippen molar-refractivity contribution in [2.45, 2.75) is 151 Å². The minimum atomic E-state index is -1.24. The van der Waals surface area contributed by atoms with E-state index in [0.29, 0.717) is 19.6 Å². The van der Waals surface area contributed by atoms with Crippen LogP contribution in [0, 0.1) is 0 Å². The summed E-state index contributed by atoms with van der Waals surface area (Å²) in [5.41, 5.74) is -3.06. The highest BCUT2D eigenvalue weighted by Crippen LogP contribution is 2.17. The van der Waals surface area contributed by atoms with E-state index in [1.807, 2.05) is 0 Å². The van der Waals surface area contributed by atoms with Crippen molar-refractivity contribution >= 4 is 29.8 Å². The van der Waals surface area contributed by atoms with Gasteiger partial charge in [-0.2, -0.15) is 0 Å². The summed E-state index contributed by atoms with van der Waals surface area (Å²) in [4.78, 5) is 69.1. The molecule has 0 amide bonds. The van der Waals surface area contributed by atoms with E-state index in [2.05, 4.69) is 18.7 Å². The molecule has 0 bridgehead atoms. The molecule has 2 unspecified atom stereocenters. The van der Waals surface area contributed by atoms with Gasteiger partial charge in [-0.05, 0) is 96.4 Å². The first-order valence-corrected chi connectivity index (χ1v) is 16.9. The molecule has 0 fully saturated rings. The van der Waals surface area contributed by atoms with Crippen LogP contribution >= 0.6 is 0 Å². The standard InChI is InChI=1S/C35H65N3O10/c1-15-16-25(2)37(18-17-36(22-28(41)45-32(3,4)5)23-29(42)46-33(6,7)8)19-20-38(24-30(43)47-34(9,10)11)26(21-27(39)40)31(44)48-35(12,13)14/h25-26H,15-24H2,1-14H3,(H,39,40). The molecule has 0 saturated carbocycles. The van der Waals surface area contributed by atoms with Gasteiger partial charge in [-0.1, -0.05) is 13.3 Å². The Kier molecular flexibility index (Phi) is 18.3. The Labute approximate surface area is 288 Å². The molecule has 0 aliphatic carbocycles. The van der Waals surface area contributed by atoms with Gasteiger partial charge in [0.1, 0.15) is 28.4 Å². The molecule has 0 spiro atoms. The molecule has 0 aliphatic rings. The van der Waals surface area contributed by atoms with Crippen LogP contribution in [-0.4, -0.2) is 130 Å². The smallest absolute Gasteiger partial charge is 0.324 e. The number of ether oxygens (including phenoxy) is 4. The zero-order valence-electron chi connectivity index (χ0n) is 32.2. The summed E-state index contributed by atoms with van der Waals surface area (Å²) in [6.45, 7) is 25.6. The van der Waals surface area contributed by atoms with Crippen molar-refractivity contribution in [3.8, 4) is 0 Å². The predicted octanol–water partition coefficient (Wildman–Crippen LogP) is 4.29. The van der Waals surface area contributed by atoms with Gasteiger partial charge in [-0.25, -0.2) is 0 Å². The zero-order chi connectivity index (χ0) is 37.7. The van der Waals surface area contributed by atoms with Gasteiger partial charge in [0.2, 0.25) is 0 Å². The van der Waals surface area contributed by atoms with Gasteiger partial charge in [0.15, 0.2) is 0 Å². The Bertz CT molecular complexity index is 1020. The lowest BCUT2D eigenvalue weighted by molar-refractivity contribution is -0.168. The van der Waals surface area contributed by atoms with E-state index < -0.39 is 64.7 Å². The topological polar surface area (TPSA) is 152 Å². The number of nitrogens with zero attached hydrogens (tertiary/aromatic N) is 3. The Hall–Kier alpha value is -2.77. The van der Waals surface area contributed by atoms with E-state index in [-0.39, 0.29) is 32.2 Å². The molecule has 0 aliphatic heterocycles. The second kappa shape index (κ2) is 19.4. The molecule has 13 heteroatoms. The lowest BCUT2D eigenvalue weighted by Crippen LogP contribution is -2.52. The summed E-state index contributed by atoms with van der Waals surface area (Å²) in [7, 11) is 0. The van der Waals surface area contributed by atoms with Gasteiger partial charge in [0.25, 0.3) is 0 Å². The van der Waals surface area contributed by atoms with E-state index in [1.54, 1.807) is 88.0 Å². The second-order valence-electron chi connectivity index (χ2n) is 16.3. The fourth-order valence-corrected chi connectivity index (χ4v) is 4.79. The van der Waals surface area contributed by atoms with Crippen LogP contribution in [0.3, 0.4) is 0 Å². The third-order valence-electron chi connectivity index (χ3n) is 6.49. The molecule has 0 saturated heterocycles. The third-order valence-corrected chi connectivity index (χ3v) is 6.49. The molecule has 2 atom stereocenters. The third kappa shape index (κ3) is 22.7. The van der Waals surface area contributed by atoms with Crippen molar-refractivity contribution in [1.82, 2.24) is 14.7 Å². The Morgan fingerprint density at radius 3 is 1.33 bits per heavy atom. The second-order valence-corrected chi connectivity index (χ2v) is 16.3. The number of hydrogen-bond donors (Lipinski definition) is 1. The number of carbonyl (C=O) groups excluding carboxylic acids is 4. The van der Waals surface area contributed by atoms with Crippen LogP contribution < -0.4 is 0 Å². The molecule has 280 valence electrons. The molecule has 0 aromatic carbocycles. The molecule has 48 heavy (non-hydrogen) atoms. The molecule has 13 nitrogen and oxygen atoms in total. The maximum absolute atomic E-state index is 13.3. The molecular weight excluding hydrogens is 622 g/mol. The fraction of sp³-hybridized carbons (Fsp3) is 0.857. The van der Waals surface area contributed by atoms with Gasteiger partial charge >= 0.3 is 29.8 Å². The first-order valence-electron chi connectivity index (χ1n) is 16.9. The van der Waals surface area contributed by atoms with Gasteiger partial charge < -0.3 is 24.1 Å². The van der Waals surface area contributed by atoms with Crippen LogP contribution in [0.25, 0.3) is 0 Å². The number of carbonyl (C=O) groups is 5. The number of hydrogen-bond acceptors (Lipinski definition) is 12. The van der Waals surface area contributed by atoms with Gasteiger partial charge in [-0.15, -0.1) is 0 Å². The van der Waals surface area contributed by atoms with Crippen molar-refractivity contribution in [1.29, 1.82) is 0 Å². The van der Waals surface area contributed by atoms with E-state index >= 15 is 0 Å². The quantitative estimate of drug-likeness (QED) is 0.152. The molecular formula is C35H65N3O10. The fourth-order valence-electron chi connectivity index (χ4n) is 4.79. The van der Waals surface area contributed by atoms with Crippen LogP contribution in [0.1, 0.15) is 116 Å². The summed E-state index contributed by atoms with van der Waals surface area (Å²) >= 11 is 0.